The fourth-order valence-corrected chi connectivity index (χ4v) is 4.16. The van der Waals surface area contributed by atoms with Gasteiger partial charge in [0.1, 0.15) is 5.75 Å². The Bertz CT molecular complexity index is 877. The van der Waals surface area contributed by atoms with Gasteiger partial charge in [-0.2, -0.15) is 0 Å². The van der Waals surface area contributed by atoms with Crippen LogP contribution >= 0.6 is 0 Å². The summed E-state index contributed by atoms with van der Waals surface area (Å²) in [5, 5.41) is 0. The van der Waals surface area contributed by atoms with Gasteiger partial charge in [-0.1, -0.05) is 17.7 Å². The maximum atomic E-state index is 12.5. The van der Waals surface area contributed by atoms with Gasteiger partial charge in [0.2, 0.25) is 15.9 Å². The highest BCUT2D eigenvalue weighted by Gasteiger charge is 2.33. The summed E-state index contributed by atoms with van der Waals surface area (Å²) in [5.74, 6) is 0.630. The molecule has 1 heterocycles. The summed E-state index contributed by atoms with van der Waals surface area (Å²) < 4.78 is 33.1. The quantitative estimate of drug-likeness (QED) is 0.843. The summed E-state index contributed by atoms with van der Waals surface area (Å²) >= 11 is 0. The molecule has 0 saturated carbocycles. The molecule has 138 valence electrons. The van der Waals surface area contributed by atoms with Gasteiger partial charge in [0.05, 0.1) is 11.5 Å². The molecule has 7 heteroatoms. The number of ether oxygens (including phenoxy) is 1. The van der Waals surface area contributed by atoms with Crippen molar-refractivity contribution in [2.75, 3.05) is 18.1 Å². The van der Waals surface area contributed by atoms with E-state index in [9.17, 15) is 13.2 Å². The molecule has 2 aromatic rings. The molecule has 1 saturated heterocycles. The van der Waals surface area contributed by atoms with E-state index in [0.29, 0.717) is 13.2 Å². The number of sulfonamides is 1. The smallest absolute Gasteiger partial charge is 0.240 e. The fourth-order valence-electron chi connectivity index (χ4n) is 2.93. The molecular weight excluding hydrogens is 352 g/mol. The SMILES string of the molecule is CCOc1ccc(N2C[C@H](NS(=O)(=O)c3ccc(C)cc3)CC2=O)cc1. The minimum absolute atomic E-state index is 0.106. The molecule has 0 aromatic heterocycles. The van der Waals surface area contributed by atoms with Crippen molar-refractivity contribution in [2.45, 2.75) is 31.2 Å². The Morgan fingerprint density at radius 2 is 1.77 bits per heavy atom. The zero-order valence-corrected chi connectivity index (χ0v) is 15.6. The van der Waals surface area contributed by atoms with E-state index < -0.39 is 16.1 Å². The lowest BCUT2D eigenvalue weighted by Crippen LogP contribution is -2.37. The number of aryl methyl sites for hydroxylation is 1. The van der Waals surface area contributed by atoms with Crippen molar-refractivity contribution >= 4 is 21.6 Å². The number of carbonyl (C=O) groups is 1. The third-order valence-electron chi connectivity index (χ3n) is 4.24. The summed E-state index contributed by atoms with van der Waals surface area (Å²) in [4.78, 5) is 14.1. The predicted octanol–water partition coefficient (Wildman–Crippen LogP) is 2.48. The van der Waals surface area contributed by atoms with Crippen molar-refractivity contribution in [3.05, 3.63) is 54.1 Å². The molecule has 6 nitrogen and oxygen atoms in total. The lowest BCUT2D eigenvalue weighted by molar-refractivity contribution is -0.117. The van der Waals surface area contributed by atoms with Crippen molar-refractivity contribution in [1.29, 1.82) is 0 Å². The van der Waals surface area contributed by atoms with E-state index in [0.717, 1.165) is 17.0 Å². The predicted molar refractivity (Wildman–Crippen MR) is 99.9 cm³/mol. The molecule has 0 spiro atoms. The Hall–Kier alpha value is -2.38. The molecule has 3 rings (SSSR count). The third kappa shape index (κ3) is 4.05. The van der Waals surface area contributed by atoms with E-state index >= 15 is 0 Å². The summed E-state index contributed by atoms with van der Waals surface area (Å²) in [6, 6.07) is 13.4. The highest BCUT2D eigenvalue weighted by atomic mass is 32.2. The average molecular weight is 374 g/mol. The van der Waals surface area contributed by atoms with E-state index in [1.165, 1.54) is 0 Å². The third-order valence-corrected chi connectivity index (χ3v) is 5.77. The Morgan fingerprint density at radius 3 is 2.38 bits per heavy atom. The van der Waals surface area contributed by atoms with Gasteiger partial charge in [-0.25, -0.2) is 13.1 Å². The minimum Gasteiger partial charge on any atom is -0.494 e. The van der Waals surface area contributed by atoms with Crippen molar-refractivity contribution in [3.8, 4) is 5.75 Å². The van der Waals surface area contributed by atoms with Crippen LogP contribution in [0.1, 0.15) is 18.9 Å². The van der Waals surface area contributed by atoms with Crippen LogP contribution in [0.5, 0.6) is 5.75 Å². The summed E-state index contributed by atoms with van der Waals surface area (Å²) in [6.07, 6.45) is 0.137. The van der Waals surface area contributed by atoms with Crippen molar-refractivity contribution in [1.82, 2.24) is 4.72 Å². The Balaban J connectivity index is 1.70. The summed E-state index contributed by atoms with van der Waals surface area (Å²) in [5.41, 5.74) is 1.72. The number of rotatable bonds is 6. The molecule has 1 aliphatic heterocycles. The molecule has 0 unspecified atom stereocenters. The van der Waals surface area contributed by atoms with Gasteiger partial charge < -0.3 is 9.64 Å². The molecule has 1 N–H and O–H groups in total. The van der Waals surface area contributed by atoms with Crippen LogP contribution in [-0.2, 0) is 14.8 Å². The summed E-state index contributed by atoms with van der Waals surface area (Å²) in [6.45, 7) is 4.68. The van der Waals surface area contributed by atoms with Gasteiger partial charge in [0.15, 0.2) is 0 Å². The van der Waals surface area contributed by atoms with Gasteiger partial charge in [-0.15, -0.1) is 0 Å². The molecule has 1 atom stereocenters. The van der Waals surface area contributed by atoms with Crippen LogP contribution in [0.25, 0.3) is 0 Å². The van der Waals surface area contributed by atoms with E-state index in [4.69, 9.17) is 4.74 Å². The summed E-state index contributed by atoms with van der Waals surface area (Å²) in [7, 11) is -3.65. The lowest BCUT2D eigenvalue weighted by atomic mass is 10.2. The maximum Gasteiger partial charge on any atom is 0.240 e. The van der Waals surface area contributed by atoms with E-state index in [2.05, 4.69) is 4.72 Å². The molecule has 0 aliphatic carbocycles. The number of hydrogen-bond donors (Lipinski definition) is 1. The first kappa shape index (κ1) is 18.4. The highest BCUT2D eigenvalue weighted by molar-refractivity contribution is 7.89. The van der Waals surface area contributed by atoms with Gasteiger partial charge >= 0.3 is 0 Å². The molecular formula is C19H22N2O4S. The molecule has 1 amide bonds. The minimum atomic E-state index is -3.65. The molecule has 26 heavy (non-hydrogen) atoms. The molecule has 0 bridgehead atoms. The first-order valence-corrected chi connectivity index (χ1v) is 9.99. The van der Waals surface area contributed by atoms with E-state index in [1.54, 1.807) is 53.4 Å². The average Bonchev–Trinajstić information content (AvgIpc) is 2.96. The number of nitrogens with one attached hydrogen (secondary N) is 1. The van der Waals surface area contributed by atoms with Gasteiger partial charge in [0.25, 0.3) is 0 Å². The van der Waals surface area contributed by atoms with Crippen LogP contribution in [0.2, 0.25) is 0 Å². The van der Waals surface area contributed by atoms with Crippen LogP contribution in [0, 0.1) is 6.92 Å². The monoisotopic (exact) mass is 374 g/mol. The molecule has 2 aromatic carbocycles. The van der Waals surface area contributed by atoms with Gasteiger partial charge in [-0.3, -0.25) is 4.79 Å². The zero-order valence-electron chi connectivity index (χ0n) is 14.8. The highest BCUT2D eigenvalue weighted by Crippen LogP contribution is 2.25. The maximum absolute atomic E-state index is 12.5. The normalized spacial score (nSPS) is 17.5. The topological polar surface area (TPSA) is 75.7 Å². The second-order valence-corrected chi connectivity index (χ2v) is 7.98. The number of hydrogen-bond acceptors (Lipinski definition) is 4. The first-order chi connectivity index (χ1) is 12.4. The van der Waals surface area contributed by atoms with Crippen molar-refractivity contribution < 1.29 is 17.9 Å². The molecule has 1 fully saturated rings. The van der Waals surface area contributed by atoms with Crippen LogP contribution in [0.4, 0.5) is 5.69 Å². The molecule has 1 aliphatic rings. The number of anilines is 1. The standard InChI is InChI=1S/C19H22N2O4S/c1-3-25-17-8-6-16(7-9-17)21-13-15(12-19(21)22)20-26(23,24)18-10-4-14(2)5-11-18/h4-11,15,20H,3,12-13H2,1-2H3/t15-/m1/s1. The van der Waals surface area contributed by atoms with Gasteiger partial charge in [0, 0.05) is 24.7 Å². The second-order valence-electron chi connectivity index (χ2n) is 6.27. The number of amides is 1. The number of nitrogens with zero attached hydrogens (tertiary/aromatic N) is 1. The van der Waals surface area contributed by atoms with Gasteiger partial charge in [-0.05, 0) is 50.2 Å². The van der Waals surface area contributed by atoms with Crippen LogP contribution in [-0.4, -0.2) is 33.5 Å². The first-order valence-electron chi connectivity index (χ1n) is 8.51. The Labute approximate surface area is 153 Å². The van der Waals surface area contributed by atoms with Crippen molar-refractivity contribution in [3.63, 3.8) is 0 Å². The lowest BCUT2D eigenvalue weighted by Gasteiger charge is -2.18. The van der Waals surface area contributed by atoms with Crippen molar-refractivity contribution in [2.24, 2.45) is 0 Å². The van der Waals surface area contributed by atoms with E-state index in [1.807, 2.05) is 13.8 Å². The molecule has 0 radical (unpaired) electrons. The van der Waals surface area contributed by atoms with Crippen LogP contribution in [0.3, 0.4) is 0 Å². The van der Waals surface area contributed by atoms with E-state index in [-0.39, 0.29) is 17.2 Å². The largest absolute Gasteiger partial charge is 0.494 e. The Kier molecular flexibility index (Phi) is 5.29. The fraction of sp³-hybridized carbons (Fsp3) is 0.316. The van der Waals surface area contributed by atoms with Crippen LogP contribution in [0.15, 0.2) is 53.4 Å². The number of carbonyl (C=O) groups excluding carboxylic acids is 1. The van der Waals surface area contributed by atoms with Crippen LogP contribution < -0.4 is 14.4 Å². The Morgan fingerprint density at radius 1 is 1.12 bits per heavy atom. The number of benzene rings is 2. The second kappa shape index (κ2) is 7.47. The zero-order chi connectivity index (χ0) is 18.7.